The highest BCUT2D eigenvalue weighted by Crippen LogP contribution is 2.15. The second-order valence-corrected chi connectivity index (χ2v) is 5.96. The van der Waals surface area contributed by atoms with Crippen molar-refractivity contribution in [2.24, 2.45) is 0 Å². The fourth-order valence-electron chi connectivity index (χ4n) is 1.98. The van der Waals surface area contributed by atoms with Crippen molar-refractivity contribution in [3.05, 3.63) is 29.8 Å². The predicted molar refractivity (Wildman–Crippen MR) is 71.9 cm³/mol. The lowest BCUT2D eigenvalue weighted by Gasteiger charge is -2.27. The number of nitrogens with zero attached hydrogens (tertiary/aromatic N) is 1. The van der Waals surface area contributed by atoms with E-state index in [4.69, 9.17) is 4.74 Å². The lowest BCUT2D eigenvalue weighted by molar-refractivity contribution is 0.0272. The Kier molecular flexibility index (Phi) is 4.89. The van der Waals surface area contributed by atoms with Gasteiger partial charge in [-0.15, -0.1) is 4.83 Å². The number of rotatable bonds is 5. The summed E-state index contributed by atoms with van der Waals surface area (Å²) in [5.74, 6) is 0. The van der Waals surface area contributed by atoms with Crippen molar-refractivity contribution in [2.75, 3.05) is 33.4 Å². The molecular weight excluding hydrogens is 266 g/mol. The van der Waals surface area contributed by atoms with Crippen LogP contribution in [0.4, 0.5) is 0 Å². The number of morpholine rings is 1. The molecule has 1 aromatic carbocycles. The van der Waals surface area contributed by atoms with Crippen LogP contribution in [0.25, 0.3) is 0 Å². The van der Waals surface area contributed by atoms with E-state index < -0.39 is 10.0 Å². The normalized spacial score (nSPS) is 17.5. The first kappa shape index (κ1) is 14.4. The average molecular weight is 285 g/mol. The number of ether oxygens (including phenoxy) is 1. The van der Waals surface area contributed by atoms with Crippen LogP contribution in [0, 0.1) is 0 Å². The molecule has 0 radical (unpaired) electrons. The predicted octanol–water partition coefficient (Wildman–Crippen LogP) is -0.0685. The van der Waals surface area contributed by atoms with E-state index in [1.165, 1.54) is 0 Å². The average Bonchev–Trinajstić information content (AvgIpc) is 2.40. The van der Waals surface area contributed by atoms with Gasteiger partial charge in [0.05, 0.1) is 18.1 Å². The second kappa shape index (κ2) is 6.44. The van der Waals surface area contributed by atoms with E-state index in [-0.39, 0.29) is 0 Å². The third-order valence-corrected chi connectivity index (χ3v) is 4.37. The third kappa shape index (κ3) is 3.74. The molecule has 0 atom stereocenters. The first-order valence-corrected chi connectivity index (χ1v) is 7.69. The van der Waals surface area contributed by atoms with E-state index in [0.29, 0.717) is 37.7 Å². The van der Waals surface area contributed by atoms with Crippen LogP contribution in [0.15, 0.2) is 29.2 Å². The van der Waals surface area contributed by atoms with Gasteiger partial charge in [0, 0.05) is 19.6 Å². The summed E-state index contributed by atoms with van der Waals surface area (Å²) < 4.78 is 29.9. The van der Waals surface area contributed by atoms with Crippen molar-refractivity contribution >= 4 is 10.0 Å². The molecular formula is C12H19N3O3S. The number of benzene rings is 1. The van der Waals surface area contributed by atoms with Gasteiger partial charge in [0.15, 0.2) is 0 Å². The molecule has 1 aromatic rings. The summed E-state index contributed by atoms with van der Waals surface area (Å²) in [6.07, 6.45) is 0. The van der Waals surface area contributed by atoms with Crippen LogP contribution < -0.4 is 10.1 Å². The quantitative estimate of drug-likeness (QED) is 0.792. The molecule has 19 heavy (non-hydrogen) atoms. The maximum atomic E-state index is 12.4. The van der Waals surface area contributed by atoms with Gasteiger partial charge in [-0.2, -0.15) is 0 Å². The molecule has 0 aromatic heterocycles. The van der Waals surface area contributed by atoms with Crippen molar-refractivity contribution in [1.29, 1.82) is 0 Å². The standard InChI is InChI=1S/C12H19N3O3S/c1-13-10-11-4-2-3-5-12(11)19(16,17)14-15-6-8-18-9-7-15/h2-5,13-14H,6-10H2,1H3. The first-order valence-electron chi connectivity index (χ1n) is 6.21. The molecule has 1 saturated heterocycles. The Balaban J connectivity index is 2.18. The minimum Gasteiger partial charge on any atom is -0.379 e. The molecule has 7 heteroatoms. The van der Waals surface area contributed by atoms with E-state index in [1.54, 1.807) is 24.2 Å². The zero-order valence-corrected chi connectivity index (χ0v) is 11.7. The summed E-state index contributed by atoms with van der Waals surface area (Å²) in [7, 11) is -1.74. The minimum absolute atomic E-state index is 0.316. The van der Waals surface area contributed by atoms with Gasteiger partial charge < -0.3 is 10.1 Å². The molecule has 2 N–H and O–H groups in total. The van der Waals surface area contributed by atoms with E-state index in [1.807, 2.05) is 12.1 Å². The highest BCUT2D eigenvalue weighted by molar-refractivity contribution is 7.89. The number of hydrogen-bond donors (Lipinski definition) is 2. The van der Waals surface area contributed by atoms with Crippen LogP contribution in [0.2, 0.25) is 0 Å². The SMILES string of the molecule is CNCc1ccccc1S(=O)(=O)NN1CCOCC1. The second-order valence-electron chi connectivity index (χ2n) is 4.33. The molecule has 1 heterocycles. The van der Waals surface area contributed by atoms with Crippen LogP contribution in [-0.2, 0) is 21.3 Å². The molecule has 0 aliphatic carbocycles. The molecule has 0 spiro atoms. The maximum Gasteiger partial charge on any atom is 0.253 e. The Morgan fingerprint density at radius 2 is 1.95 bits per heavy atom. The number of hydrogen-bond acceptors (Lipinski definition) is 5. The van der Waals surface area contributed by atoms with Gasteiger partial charge in [-0.1, -0.05) is 18.2 Å². The van der Waals surface area contributed by atoms with Crippen molar-refractivity contribution in [1.82, 2.24) is 15.2 Å². The number of sulfonamides is 1. The van der Waals surface area contributed by atoms with Crippen LogP contribution in [-0.4, -0.2) is 46.8 Å². The smallest absolute Gasteiger partial charge is 0.253 e. The molecule has 6 nitrogen and oxygen atoms in total. The fourth-order valence-corrected chi connectivity index (χ4v) is 3.34. The summed E-state index contributed by atoms with van der Waals surface area (Å²) in [5, 5.41) is 4.65. The molecule has 0 unspecified atom stereocenters. The van der Waals surface area contributed by atoms with Crippen molar-refractivity contribution in [2.45, 2.75) is 11.4 Å². The minimum atomic E-state index is -3.53. The maximum absolute atomic E-state index is 12.4. The molecule has 0 saturated carbocycles. The Morgan fingerprint density at radius 1 is 1.26 bits per heavy atom. The number of nitrogens with one attached hydrogen (secondary N) is 2. The van der Waals surface area contributed by atoms with Crippen LogP contribution >= 0.6 is 0 Å². The van der Waals surface area contributed by atoms with Crippen LogP contribution in [0.3, 0.4) is 0 Å². The molecule has 1 aliphatic heterocycles. The third-order valence-electron chi connectivity index (χ3n) is 2.89. The molecule has 2 rings (SSSR count). The van der Waals surface area contributed by atoms with Crippen molar-refractivity contribution in [3.8, 4) is 0 Å². The summed E-state index contributed by atoms with van der Waals surface area (Å²) in [5.41, 5.74) is 0.755. The van der Waals surface area contributed by atoms with E-state index >= 15 is 0 Å². The van der Waals surface area contributed by atoms with Gasteiger partial charge in [0.1, 0.15) is 0 Å². The van der Waals surface area contributed by atoms with Gasteiger partial charge in [-0.3, -0.25) is 0 Å². The summed E-state index contributed by atoms with van der Waals surface area (Å²) in [6, 6.07) is 6.99. The van der Waals surface area contributed by atoms with Crippen molar-refractivity contribution < 1.29 is 13.2 Å². The Hall–Kier alpha value is -0.990. The molecule has 0 bridgehead atoms. The molecule has 0 amide bonds. The lowest BCUT2D eigenvalue weighted by atomic mass is 10.2. The Labute approximate surface area is 113 Å². The van der Waals surface area contributed by atoms with Gasteiger partial charge in [0.25, 0.3) is 10.0 Å². The Bertz CT molecular complexity index is 513. The summed E-state index contributed by atoms with van der Waals surface area (Å²) >= 11 is 0. The summed E-state index contributed by atoms with van der Waals surface area (Å²) in [6.45, 7) is 2.72. The van der Waals surface area contributed by atoms with Crippen LogP contribution in [0.1, 0.15) is 5.56 Å². The molecule has 1 aliphatic rings. The highest BCUT2D eigenvalue weighted by atomic mass is 32.2. The highest BCUT2D eigenvalue weighted by Gasteiger charge is 2.22. The monoisotopic (exact) mass is 285 g/mol. The van der Waals surface area contributed by atoms with Gasteiger partial charge >= 0.3 is 0 Å². The van der Waals surface area contributed by atoms with Crippen LogP contribution in [0.5, 0.6) is 0 Å². The largest absolute Gasteiger partial charge is 0.379 e. The zero-order valence-electron chi connectivity index (χ0n) is 10.9. The van der Waals surface area contributed by atoms with Crippen molar-refractivity contribution in [3.63, 3.8) is 0 Å². The number of hydrazine groups is 1. The molecule has 1 fully saturated rings. The van der Waals surface area contributed by atoms with E-state index in [2.05, 4.69) is 10.1 Å². The zero-order chi connectivity index (χ0) is 13.7. The lowest BCUT2D eigenvalue weighted by Crippen LogP contribution is -2.48. The van der Waals surface area contributed by atoms with E-state index in [0.717, 1.165) is 5.56 Å². The van der Waals surface area contributed by atoms with Gasteiger partial charge in [0.2, 0.25) is 0 Å². The summed E-state index contributed by atoms with van der Waals surface area (Å²) in [4.78, 5) is 2.92. The van der Waals surface area contributed by atoms with E-state index in [9.17, 15) is 8.42 Å². The first-order chi connectivity index (χ1) is 9.13. The topological polar surface area (TPSA) is 70.7 Å². The molecule has 106 valence electrons. The Morgan fingerprint density at radius 3 is 2.63 bits per heavy atom. The van der Waals surface area contributed by atoms with Gasteiger partial charge in [-0.25, -0.2) is 13.4 Å². The fraction of sp³-hybridized carbons (Fsp3) is 0.500. The van der Waals surface area contributed by atoms with Gasteiger partial charge in [-0.05, 0) is 18.7 Å².